The van der Waals surface area contributed by atoms with Crippen LogP contribution in [-0.4, -0.2) is 65.4 Å². The van der Waals surface area contributed by atoms with Crippen molar-refractivity contribution in [1.29, 1.82) is 0 Å². The number of hydrogen-bond acceptors (Lipinski definition) is 7. The molecule has 4 heterocycles. The molecule has 8 heteroatoms. The first-order valence-corrected chi connectivity index (χ1v) is 13.4. The summed E-state index contributed by atoms with van der Waals surface area (Å²) in [5.74, 6) is 1.56. The van der Waals surface area contributed by atoms with Crippen molar-refractivity contribution in [2.45, 2.75) is 45.6 Å². The van der Waals surface area contributed by atoms with Crippen LogP contribution in [0.25, 0.3) is 10.9 Å². The van der Waals surface area contributed by atoms with E-state index in [9.17, 15) is 4.79 Å². The predicted octanol–water partition coefficient (Wildman–Crippen LogP) is 4.44. The molecule has 36 heavy (non-hydrogen) atoms. The van der Waals surface area contributed by atoms with E-state index in [1.807, 2.05) is 19.9 Å². The van der Waals surface area contributed by atoms with Crippen LogP contribution in [-0.2, 0) is 4.74 Å². The van der Waals surface area contributed by atoms with Crippen LogP contribution >= 0.6 is 0 Å². The molecule has 0 amide bonds. The molecule has 0 saturated carbocycles. The maximum atomic E-state index is 12.3. The van der Waals surface area contributed by atoms with E-state index in [1.165, 1.54) is 37.9 Å². The van der Waals surface area contributed by atoms with Crippen LogP contribution in [0.3, 0.4) is 0 Å². The number of fused-ring (bicyclic) bond motifs is 1. The molecule has 2 aliphatic rings. The minimum Gasteiger partial charge on any atom is -0.379 e. The fourth-order valence-electron chi connectivity index (χ4n) is 5.43. The number of piperidine rings is 1. The Kier molecular flexibility index (Phi) is 7.82. The molecular weight excluding hydrogens is 452 g/mol. The van der Waals surface area contributed by atoms with Crippen LogP contribution in [0.5, 0.6) is 0 Å². The highest BCUT2D eigenvalue weighted by Gasteiger charge is 2.20. The molecule has 2 fully saturated rings. The van der Waals surface area contributed by atoms with Gasteiger partial charge in [0, 0.05) is 67.4 Å². The summed E-state index contributed by atoms with van der Waals surface area (Å²) in [4.78, 5) is 25.8. The number of hydrogen-bond donors (Lipinski definition) is 1. The summed E-state index contributed by atoms with van der Waals surface area (Å²) in [7, 11) is 0. The van der Waals surface area contributed by atoms with E-state index in [0.717, 1.165) is 61.9 Å². The molecule has 2 saturated heterocycles. The number of morpholine rings is 1. The third-order valence-electron chi connectivity index (χ3n) is 7.52. The summed E-state index contributed by atoms with van der Waals surface area (Å²) >= 11 is 0. The molecule has 8 nitrogen and oxygen atoms in total. The highest BCUT2D eigenvalue weighted by atomic mass is 16.5. The standard InChI is InChI=1S/C28H38N6O2/c1-21(2)34-26-18-27(29-19-23(26)20-30-28(34)35)31-24-5-7-25(8-6-24)33-12-9-22(10-13-33)4-3-11-32-14-16-36-17-15-32/h5-8,18-22H,3-4,9-17H2,1-2H3,(H,29,31). The zero-order chi connectivity index (χ0) is 24.9. The molecule has 0 bridgehead atoms. The van der Waals surface area contributed by atoms with Gasteiger partial charge in [-0.1, -0.05) is 0 Å². The van der Waals surface area contributed by atoms with Crippen LogP contribution in [0.4, 0.5) is 17.2 Å². The number of ether oxygens (including phenoxy) is 1. The average molecular weight is 491 g/mol. The molecule has 2 aliphatic heterocycles. The lowest BCUT2D eigenvalue weighted by atomic mass is 9.92. The van der Waals surface area contributed by atoms with Crippen molar-refractivity contribution in [3.05, 3.63) is 53.2 Å². The van der Waals surface area contributed by atoms with Crippen molar-refractivity contribution < 1.29 is 4.74 Å². The Balaban J connectivity index is 1.14. The Morgan fingerprint density at radius 2 is 1.75 bits per heavy atom. The largest absolute Gasteiger partial charge is 0.379 e. The molecule has 1 aromatic carbocycles. The van der Waals surface area contributed by atoms with Crippen LogP contribution in [0.15, 0.2) is 47.5 Å². The van der Waals surface area contributed by atoms with Gasteiger partial charge in [0.15, 0.2) is 0 Å². The lowest BCUT2D eigenvalue weighted by Crippen LogP contribution is -2.37. The average Bonchev–Trinajstić information content (AvgIpc) is 2.90. The maximum Gasteiger partial charge on any atom is 0.348 e. The quantitative estimate of drug-likeness (QED) is 0.500. The maximum absolute atomic E-state index is 12.3. The van der Waals surface area contributed by atoms with Gasteiger partial charge in [-0.25, -0.2) is 14.8 Å². The number of pyridine rings is 1. The Morgan fingerprint density at radius 1 is 1.03 bits per heavy atom. The van der Waals surface area contributed by atoms with Gasteiger partial charge >= 0.3 is 5.69 Å². The number of aromatic nitrogens is 3. The number of rotatable bonds is 8. The monoisotopic (exact) mass is 490 g/mol. The number of benzene rings is 1. The zero-order valence-corrected chi connectivity index (χ0v) is 21.5. The second-order valence-corrected chi connectivity index (χ2v) is 10.3. The van der Waals surface area contributed by atoms with Gasteiger partial charge in [0.25, 0.3) is 0 Å². The van der Waals surface area contributed by atoms with Gasteiger partial charge in [0.05, 0.1) is 18.7 Å². The van der Waals surface area contributed by atoms with E-state index in [2.05, 4.69) is 49.4 Å². The summed E-state index contributed by atoms with van der Waals surface area (Å²) in [6.45, 7) is 11.4. The molecule has 0 unspecified atom stereocenters. The Labute approximate surface area is 213 Å². The van der Waals surface area contributed by atoms with Crippen LogP contribution in [0.1, 0.15) is 45.6 Å². The van der Waals surface area contributed by atoms with Crippen molar-refractivity contribution in [3.63, 3.8) is 0 Å². The minimum absolute atomic E-state index is 0.0251. The summed E-state index contributed by atoms with van der Waals surface area (Å²) < 4.78 is 7.16. The first-order valence-electron chi connectivity index (χ1n) is 13.4. The molecule has 192 valence electrons. The molecule has 0 radical (unpaired) electrons. The molecule has 0 aliphatic carbocycles. The summed E-state index contributed by atoms with van der Waals surface area (Å²) in [6, 6.07) is 10.6. The van der Waals surface area contributed by atoms with Crippen LogP contribution in [0.2, 0.25) is 0 Å². The van der Waals surface area contributed by atoms with Gasteiger partial charge in [-0.05, 0) is 76.3 Å². The van der Waals surface area contributed by atoms with Crippen LogP contribution in [0, 0.1) is 5.92 Å². The molecule has 0 atom stereocenters. The Hall–Kier alpha value is -2.97. The summed E-state index contributed by atoms with van der Waals surface area (Å²) in [5.41, 5.74) is 2.86. The lowest BCUT2D eigenvalue weighted by molar-refractivity contribution is 0.0365. The molecule has 2 aromatic heterocycles. The molecule has 1 N–H and O–H groups in total. The van der Waals surface area contributed by atoms with Gasteiger partial charge in [-0.3, -0.25) is 9.47 Å². The zero-order valence-electron chi connectivity index (χ0n) is 21.5. The van der Waals surface area contributed by atoms with Crippen LogP contribution < -0.4 is 15.9 Å². The Morgan fingerprint density at radius 3 is 2.47 bits per heavy atom. The topological polar surface area (TPSA) is 75.5 Å². The first-order chi connectivity index (χ1) is 17.6. The number of nitrogens with zero attached hydrogens (tertiary/aromatic N) is 5. The van der Waals surface area contributed by atoms with E-state index >= 15 is 0 Å². The van der Waals surface area contributed by atoms with E-state index in [1.54, 1.807) is 17.0 Å². The molecule has 5 rings (SSSR count). The Bertz CT molecular complexity index is 1190. The van der Waals surface area contributed by atoms with Gasteiger partial charge in [-0.15, -0.1) is 0 Å². The van der Waals surface area contributed by atoms with Crippen molar-refractivity contribution >= 4 is 28.1 Å². The van der Waals surface area contributed by atoms with Gasteiger partial charge in [0.1, 0.15) is 5.82 Å². The summed E-state index contributed by atoms with van der Waals surface area (Å²) in [6.07, 6.45) is 8.55. The van der Waals surface area contributed by atoms with Gasteiger partial charge in [-0.2, -0.15) is 0 Å². The van der Waals surface area contributed by atoms with Crippen molar-refractivity contribution in [2.24, 2.45) is 5.92 Å². The summed E-state index contributed by atoms with van der Waals surface area (Å²) in [5, 5.41) is 4.25. The van der Waals surface area contributed by atoms with E-state index in [4.69, 9.17) is 4.74 Å². The fourth-order valence-corrected chi connectivity index (χ4v) is 5.43. The van der Waals surface area contributed by atoms with Crippen molar-refractivity contribution in [1.82, 2.24) is 19.4 Å². The van der Waals surface area contributed by atoms with Gasteiger partial charge in [0.2, 0.25) is 0 Å². The van der Waals surface area contributed by atoms with E-state index < -0.39 is 0 Å². The molecule has 3 aromatic rings. The number of anilines is 3. The van der Waals surface area contributed by atoms with Gasteiger partial charge < -0.3 is 15.0 Å². The highest BCUT2D eigenvalue weighted by Crippen LogP contribution is 2.28. The van der Waals surface area contributed by atoms with E-state index in [-0.39, 0.29) is 11.7 Å². The highest BCUT2D eigenvalue weighted by molar-refractivity contribution is 5.80. The normalized spacial score (nSPS) is 17.7. The number of nitrogens with one attached hydrogen (secondary N) is 1. The molecular formula is C28H38N6O2. The third-order valence-corrected chi connectivity index (χ3v) is 7.52. The third kappa shape index (κ3) is 5.87. The lowest BCUT2D eigenvalue weighted by Gasteiger charge is -2.34. The SMILES string of the molecule is CC(C)n1c(=O)ncc2cnc(Nc3ccc(N4CCC(CCCN5CCOCC5)CC4)cc3)cc21. The van der Waals surface area contributed by atoms with Crippen molar-refractivity contribution in [2.75, 3.05) is 56.2 Å². The fraction of sp³-hybridized carbons (Fsp3) is 0.536. The molecule has 0 spiro atoms. The van der Waals surface area contributed by atoms with Crippen molar-refractivity contribution in [3.8, 4) is 0 Å². The smallest absolute Gasteiger partial charge is 0.348 e. The second-order valence-electron chi connectivity index (χ2n) is 10.3. The first kappa shape index (κ1) is 24.7. The minimum atomic E-state index is -0.236. The van der Waals surface area contributed by atoms with E-state index in [0.29, 0.717) is 5.82 Å². The predicted molar refractivity (Wildman–Crippen MR) is 145 cm³/mol. The second kappa shape index (κ2) is 11.4.